The van der Waals surface area contributed by atoms with Crippen LogP contribution in [-0.2, 0) is 0 Å². The Hall–Kier alpha value is -1.85. The maximum Gasteiger partial charge on any atom is 0.137 e. The summed E-state index contributed by atoms with van der Waals surface area (Å²) in [4.78, 5) is 7.49. The molecule has 1 unspecified atom stereocenters. The van der Waals surface area contributed by atoms with Crippen LogP contribution in [0.15, 0.2) is 30.5 Å². The van der Waals surface area contributed by atoms with Gasteiger partial charge in [-0.25, -0.2) is 4.98 Å². The molecule has 5 heteroatoms. The molecule has 0 aliphatic heterocycles. The van der Waals surface area contributed by atoms with Gasteiger partial charge in [0.25, 0.3) is 0 Å². The zero-order valence-electron chi connectivity index (χ0n) is 13.7. The maximum atomic E-state index is 9.91. The fourth-order valence-electron chi connectivity index (χ4n) is 1.94. The molecule has 120 valence electrons. The van der Waals surface area contributed by atoms with Gasteiger partial charge in [0, 0.05) is 29.5 Å². The van der Waals surface area contributed by atoms with E-state index < -0.39 is 6.10 Å². The first-order valence-corrected chi connectivity index (χ1v) is 7.51. The second-order valence-corrected chi connectivity index (χ2v) is 6.53. The van der Waals surface area contributed by atoms with E-state index in [1.165, 1.54) is 0 Å². The van der Waals surface area contributed by atoms with Gasteiger partial charge in [-0.05, 0) is 52.0 Å². The van der Waals surface area contributed by atoms with E-state index in [1.54, 1.807) is 6.20 Å². The van der Waals surface area contributed by atoms with Gasteiger partial charge in [-0.2, -0.15) is 0 Å². The molecule has 1 atom stereocenters. The third-order valence-electron chi connectivity index (χ3n) is 3.14. The molecule has 0 aliphatic rings. The lowest BCUT2D eigenvalue weighted by molar-refractivity contribution is 0.100. The van der Waals surface area contributed by atoms with Crippen LogP contribution >= 0.6 is 0 Å². The number of imidazole rings is 1. The first-order chi connectivity index (χ1) is 10.3. The number of aliphatic hydroxyl groups is 1. The largest absolute Gasteiger partial charge is 0.491 e. The first kappa shape index (κ1) is 16.5. The fraction of sp³-hybridized carbons (Fsp3) is 0.471. The molecule has 0 fully saturated rings. The number of rotatable bonds is 6. The average Bonchev–Trinajstić information content (AvgIpc) is 2.89. The Bertz CT molecular complexity index is 585. The van der Waals surface area contributed by atoms with Crippen LogP contribution in [0.3, 0.4) is 0 Å². The van der Waals surface area contributed by atoms with Crippen LogP contribution in [0.25, 0.3) is 11.4 Å². The average molecular weight is 303 g/mol. The molecule has 0 bridgehead atoms. The number of H-pyrrole nitrogens is 1. The van der Waals surface area contributed by atoms with E-state index in [1.807, 2.05) is 31.2 Å². The van der Waals surface area contributed by atoms with Gasteiger partial charge in [0.1, 0.15) is 24.3 Å². The van der Waals surface area contributed by atoms with Crippen LogP contribution in [0.2, 0.25) is 0 Å². The molecular weight excluding hydrogens is 278 g/mol. The van der Waals surface area contributed by atoms with Gasteiger partial charge in [-0.1, -0.05) is 0 Å². The standard InChI is InChI=1S/C17H25N3O2/c1-12-9-18-16(20-12)13-5-7-15(8-6-13)22-11-14(21)10-19-17(2,3)4/h5-9,14,19,21H,10-11H2,1-4H3,(H,18,20). The summed E-state index contributed by atoms with van der Waals surface area (Å²) < 4.78 is 5.61. The second kappa shape index (κ2) is 6.94. The minimum Gasteiger partial charge on any atom is -0.491 e. The number of ether oxygens (including phenoxy) is 1. The zero-order chi connectivity index (χ0) is 16.2. The minimum absolute atomic E-state index is 0.0101. The van der Waals surface area contributed by atoms with Crippen molar-refractivity contribution < 1.29 is 9.84 Å². The highest BCUT2D eigenvalue weighted by molar-refractivity contribution is 5.56. The highest BCUT2D eigenvalue weighted by Gasteiger charge is 2.12. The Balaban J connectivity index is 1.84. The predicted octanol–water partition coefficient (Wildman–Crippen LogP) is 2.51. The van der Waals surface area contributed by atoms with E-state index in [0.717, 1.165) is 22.8 Å². The first-order valence-electron chi connectivity index (χ1n) is 7.51. The number of nitrogens with zero attached hydrogens (tertiary/aromatic N) is 1. The van der Waals surface area contributed by atoms with E-state index in [-0.39, 0.29) is 12.1 Å². The Kier molecular flexibility index (Phi) is 5.21. The van der Waals surface area contributed by atoms with Crippen LogP contribution in [0.5, 0.6) is 5.75 Å². The summed E-state index contributed by atoms with van der Waals surface area (Å²) in [5.41, 5.74) is 2.03. The Morgan fingerprint density at radius 3 is 2.50 bits per heavy atom. The SMILES string of the molecule is Cc1cnc(-c2ccc(OCC(O)CNC(C)(C)C)cc2)[nH]1. The maximum absolute atomic E-state index is 9.91. The van der Waals surface area contributed by atoms with Crippen molar-refractivity contribution in [3.63, 3.8) is 0 Å². The molecular formula is C17H25N3O2. The number of aromatic nitrogens is 2. The Morgan fingerprint density at radius 2 is 1.95 bits per heavy atom. The van der Waals surface area contributed by atoms with E-state index in [2.05, 4.69) is 36.1 Å². The third kappa shape index (κ3) is 5.16. The van der Waals surface area contributed by atoms with E-state index in [4.69, 9.17) is 4.74 Å². The molecule has 0 saturated carbocycles. The highest BCUT2D eigenvalue weighted by Crippen LogP contribution is 2.19. The van der Waals surface area contributed by atoms with Crippen molar-refractivity contribution in [2.24, 2.45) is 0 Å². The molecule has 5 nitrogen and oxygen atoms in total. The molecule has 2 rings (SSSR count). The van der Waals surface area contributed by atoms with Crippen molar-refractivity contribution in [2.75, 3.05) is 13.2 Å². The van der Waals surface area contributed by atoms with Gasteiger partial charge in [0.05, 0.1) is 0 Å². The molecule has 1 aromatic heterocycles. The van der Waals surface area contributed by atoms with Crippen LogP contribution in [0.1, 0.15) is 26.5 Å². The lowest BCUT2D eigenvalue weighted by atomic mass is 10.1. The zero-order valence-corrected chi connectivity index (χ0v) is 13.7. The summed E-state index contributed by atoms with van der Waals surface area (Å²) in [7, 11) is 0. The smallest absolute Gasteiger partial charge is 0.137 e. The molecule has 0 radical (unpaired) electrons. The molecule has 0 spiro atoms. The van der Waals surface area contributed by atoms with Gasteiger partial charge < -0.3 is 20.1 Å². The molecule has 22 heavy (non-hydrogen) atoms. The number of aryl methyl sites for hydroxylation is 1. The van der Waals surface area contributed by atoms with Crippen molar-refractivity contribution in [3.8, 4) is 17.1 Å². The van der Waals surface area contributed by atoms with Crippen molar-refractivity contribution >= 4 is 0 Å². The van der Waals surface area contributed by atoms with Crippen molar-refractivity contribution in [3.05, 3.63) is 36.2 Å². The summed E-state index contributed by atoms with van der Waals surface area (Å²) in [6.45, 7) is 8.94. The Labute approximate surface area is 131 Å². The molecule has 2 aromatic rings. The normalized spacial score (nSPS) is 13.1. The summed E-state index contributed by atoms with van der Waals surface area (Å²) in [6, 6.07) is 7.68. The lowest BCUT2D eigenvalue weighted by Crippen LogP contribution is -2.42. The quantitative estimate of drug-likeness (QED) is 0.767. The summed E-state index contributed by atoms with van der Waals surface area (Å²) >= 11 is 0. The Morgan fingerprint density at radius 1 is 1.27 bits per heavy atom. The van der Waals surface area contributed by atoms with Crippen molar-refractivity contribution in [2.45, 2.75) is 39.3 Å². The second-order valence-electron chi connectivity index (χ2n) is 6.53. The fourth-order valence-corrected chi connectivity index (χ4v) is 1.94. The van der Waals surface area contributed by atoms with Crippen molar-refractivity contribution in [1.29, 1.82) is 0 Å². The van der Waals surface area contributed by atoms with Crippen LogP contribution in [0.4, 0.5) is 0 Å². The van der Waals surface area contributed by atoms with Gasteiger partial charge in [0.2, 0.25) is 0 Å². The predicted molar refractivity (Wildman–Crippen MR) is 88.0 cm³/mol. The van der Waals surface area contributed by atoms with Gasteiger partial charge in [-0.3, -0.25) is 0 Å². The third-order valence-corrected chi connectivity index (χ3v) is 3.14. The lowest BCUT2D eigenvalue weighted by Gasteiger charge is -2.22. The molecule has 0 amide bonds. The molecule has 0 aliphatic carbocycles. The van der Waals surface area contributed by atoms with Crippen LogP contribution in [0, 0.1) is 6.92 Å². The number of nitrogens with one attached hydrogen (secondary N) is 2. The number of benzene rings is 1. The van der Waals surface area contributed by atoms with E-state index in [0.29, 0.717) is 6.54 Å². The van der Waals surface area contributed by atoms with E-state index >= 15 is 0 Å². The van der Waals surface area contributed by atoms with Gasteiger partial charge in [-0.15, -0.1) is 0 Å². The van der Waals surface area contributed by atoms with Crippen molar-refractivity contribution in [1.82, 2.24) is 15.3 Å². The monoisotopic (exact) mass is 303 g/mol. The molecule has 0 saturated heterocycles. The summed E-state index contributed by atoms with van der Waals surface area (Å²) in [5, 5.41) is 13.2. The summed E-state index contributed by atoms with van der Waals surface area (Å²) in [5.74, 6) is 1.58. The summed E-state index contributed by atoms with van der Waals surface area (Å²) in [6.07, 6.45) is 1.27. The van der Waals surface area contributed by atoms with Crippen LogP contribution < -0.4 is 10.1 Å². The van der Waals surface area contributed by atoms with Crippen LogP contribution in [-0.4, -0.2) is 39.9 Å². The number of aromatic amines is 1. The number of β-amino-alcohol motifs (C(OH)–C–C–N with tert-alkyl or cyclic N) is 1. The van der Waals surface area contributed by atoms with Gasteiger partial charge in [0.15, 0.2) is 0 Å². The topological polar surface area (TPSA) is 70.2 Å². The molecule has 3 N–H and O–H groups in total. The van der Waals surface area contributed by atoms with Gasteiger partial charge >= 0.3 is 0 Å². The highest BCUT2D eigenvalue weighted by atomic mass is 16.5. The number of aliphatic hydroxyl groups excluding tert-OH is 1. The molecule has 1 heterocycles. The van der Waals surface area contributed by atoms with E-state index in [9.17, 15) is 5.11 Å². The number of hydrogen-bond donors (Lipinski definition) is 3. The molecule has 1 aromatic carbocycles. The minimum atomic E-state index is -0.536. The number of hydrogen-bond acceptors (Lipinski definition) is 4.